The number of rotatable bonds is 5. The summed E-state index contributed by atoms with van der Waals surface area (Å²) in [5.74, 6) is 1.60. The molecule has 0 aromatic heterocycles. The standard InChI is InChI=1S/C16H29N5O2/c1-17-16(18-10-15(22)19-14-2-3-14)21-7-5-20(6-8-21)11-13-4-9-23-12-13/h13-14H,2-12H2,1H3,(H,17,18)(H,19,22). The van der Waals surface area contributed by atoms with E-state index in [1.165, 1.54) is 6.42 Å². The Morgan fingerprint density at radius 1 is 1.22 bits per heavy atom. The van der Waals surface area contributed by atoms with Gasteiger partial charge in [0.05, 0.1) is 13.2 Å². The minimum Gasteiger partial charge on any atom is -0.381 e. The summed E-state index contributed by atoms with van der Waals surface area (Å²) in [5.41, 5.74) is 0. The van der Waals surface area contributed by atoms with Gasteiger partial charge in [-0.1, -0.05) is 0 Å². The molecule has 0 spiro atoms. The fourth-order valence-electron chi connectivity index (χ4n) is 3.23. The lowest BCUT2D eigenvalue weighted by molar-refractivity contribution is -0.120. The van der Waals surface area contributed by atoms with E-state index in [4.69, 9.17) is 4.74 Å². The first-order chi connectivity index (χ1) is 11.2. The van der Waals surface area contributed by atoms with E-state index in [1.54, 1.807) is 7.05 Å². The summed E-state index contributed by atoms with van der Waals surface area (Å²) < 4.78 is 5.46. The molecule has 130 valence electrons. The van der Waals surface area contributed by atoms with Crippen LogP contribution in [0.1, 0.15) is 19.3 Å². The summed E-state index contributed by atoms with van der Waals surface area (Å²) in [6, 6.07) is 0.412. The molecular weight excluding hydrogens is 294 g/mol. The van der Waals surface area contributed by atoms with Gasteiger partial charge in [0.2, 0.25) is 5.91 Å². The average Bonchev–Trinajstić information content (AvgIpc) is 3.22. The average molecular weight is 323 g/mol. The Morgan fingerprint density at radius 3 is 2.61 bits per heavy atom. The Bertz CT molecular complexity index is 424. The molecule has 2 saturated heterocycles. The third kappa shape index (κ3) is 5.07. The molecule has 0 aromatic rings. The van der Waals surface area contributed by atoms with Crippen molar-refractivity contribution in [1.29, 1.82) is 0 Å². The van der Waals surface area contributed by atoms with E-state index >= 15 is 0 Å². The summed E-state index contributed by atoms with van der Waals surface area (Å²) in [5, 5.41) is 6.17. The van der Waals surface area contributed by atoms with Crippen molar-refractivity contribution < 1.29 is 9.53 Å². The van der Waals surface area contributed by atoms with Gasteiger partial charge in [0.25, 0.3) is 0 Å². The van der Waals surface area contributed by atoms with Crippen LogP contribution in [0.3, 0.4) is 0 Å². The van der Waals surface area contributed by atoms with Crippen LogP contribution in [0.25, 0.3) is 0 Å². The lowest BCUT2D eigenvalue weighted by Crippen LogP contribution is -2.54. The molecule has 0 radical (unpaired) electrons. The Balaban J connectivity index is 1.37. The van der Waals surface area contributed by atoms with E-state index in [2.05, 4.69) is 25.4 Å². The van der Waals surface area contributed by atoms with Crippen LogP contribution in [-0.4, -0.2) is 87.2 Å². The van der Waals surface area contributed by atoms with Crippen molar-refractivity contribution in [3.63, 3.8) is 0 Å². The highest BCUT2D eigenvalue weighted by molar-refractivity contribution is 5.86. The molecular formula is C16H29N5O2. The molecule has 0 bridgehead atoms. The number of piperazine rings is 1. The van der Waals surface area contributed by atoms with Crippen molar-refractivity contribution in [3.8, 4) is 0 Å². The van der Waals surface area contributed by atoms with Crippen LogP contribution < -0.4 is 10.6 Å². The summed E-state index contributed by atoms with van der Waals surface area (Å²) in [6.07, 6.45) is 3.43. The van der Waals surface area contributed by atoms with Crippen LogP contribution in [-0.2, 0) is 9.53 Å². The highest BCUT2D eigenvalue weighted by atomic mass is 16.5. The van der Waals surface area contributed by atoms with Crippen LogP contribution in [0.15, 0.2) is 4.99 Å². The van der Waals surface area contributed by atoms with E-state index < -0.39 is 0 Å². The molecule has 1 unspecified atom stereocenters. The smallest absolute Gasteiger partial charge is 0.239 e. The number of amides is 1. The number of hydrogen-bond acceptors (Lipinski definition) is 4. The van der Waals surface area contributed by atoms with Gasteiger partial charge < -0.3 is 20.3 Å². The molecule has 3 aliphatic rings. The molecule has 7 nitrogen and oxygen atoms in total. The second-order valence-electron chi connectivity index (χ2n) is 6.76. The molecule has 2 heterocycles. The topological polar surface area (TPSA) is 69.2 Å². The number of carbonyl (C=O) groups excluding carboxylic acids is 1. The Morgan fingerprint density at radius 2 is 2.00 bits per heavy atom. The van der Waals surface area contributed by atoms with Gasteiger partial charge in [-0.2, -0.15) is 0 Å². The van der Waals surface area contributed by atoms with E-state index in [9.17, 15) is 4.79 Å². The van der Waals surface area contributed by atoms with Crippen molar-refractivity contribution in [3.05, 3.63) is 0 Å². The normalized spacial score (nSPS) is 26.4. The maximum Gasteiger partial charge on any atom is 0.239 e. The van der Waals surface area contributed by atoms with Crippen molar-refractivity contribution in [2.75, 3.05) is 59.5 Å². The molecule has 0 aromatic carbocycles. The number of carbonyl (C=O) groups is 1. The second-order valence-corrected chi connectivity index (χ2v) is 6.76. The Labute approximate surface area is 138 Å². The molecule has 3 fully saturated rings. The van der Waals surface area contributed by atoms with Crippen molar-refractivity contribution in [2.45, 2.75) is 25.3 Å². The number of nitrogens with zero attached hydrogens (tertiary/aromatic N) is 3. The van der Waals surface area contributed by atoms with E-state index in [-0.39, 0.29) is 5.91 Å². The van der Waals surface area contributed by atoms with Crippen LogP contribution in [0.2, 0.25) is 0 Å². The number of guanidine groups is 1. The van der Waals surface area contributed by atoms with Crippen LogP contribution in [0.5, 0.6) is 0 Å². The quantitative estimate of drug-likeness (QED) is 0.527. The fraction of sp³-hybridized carbons (Fsp3) is 0.875. The molecule has 2 aliphatic heterocycles. The van der Waals surface area contributed by atoms with Crippen LogP contribution >= 0.6 is 0 Å². The summed E-state index contributed by atoms with van der Waals surface area (Å²) in [6.45, 7) is 7.29. The zero-order chi connectivity index (χ0) is 16.1. The van der Waals surface area contributed by atoms with Gasteiger partial charge >= 0.3 is 0 Å². The van der Waals surface area contributed by atoms with E-state index in [0.29, 0.717) is 18.5 Å². The lowest BCUT2D eigenvalue weighted by Gasteiger charge is -2.37. The Hall–Kier alpha value is -1.34. The van der Waals surface area contributed by atoms with Gasteiger partial charge in [0, 0.05) is 52.4 Å². The number of aliphatic imine (C=N–C) groups is 1. The first kappa shape index (κ1) is 16.5. The van der Waals surface area contributed by atoms with Crippen LogP contribution in [0.4, 0.5) is 0 Å². The SMILES string of the molecule is CN=C(NCC(=O)NC1CC1)N1CCN(CC2CCOC2)CC1. The summed E-state index contributed by atoms with van der Waals surface area (Å²) >= 11 is 0. The van der Waals surface area contributed by atoms with Gasteiger partial charge in [-0.3, -0.25) is 14.7 Å². The fourth-order valence-corrected chi connectivity index (χ4v) is 3.23. The van der Waals surface area contributed by atoms with E-state index in [0.717, 1.165) is 64.7 Å². The third-order valence-corrected chi connectivity index (χ3v) is 4.77. The van der Waals surface area contributed by atoms with Gasteiger partial charge in [-0.25, -0.2) is 0 Å². The molecule has 23 heavy (non-hydrogen) atoms. The van der Waals surface area contributed by atoms with Crippen molar-refractivity contribution >= 4 is 11.9 Å². The largest absolute Gasteiger partial charge is 0.381 e. The van der Waals surface area contributed by atoms with Crippen molar-refractivity contribution in [2.24, 2.45) is 10.9 Å². The molecule has 1 amide bonds. The number of nitrogens with one attached hydrogen (secondary N) is 2. The minimum atomic E-state index is 0.0634. The number of hydrogen-bond donors (Lipinski definition) is 2. The Kier molecular flexibility index (Phi) is 5.72. The zero-order valence-corrected chi connectivity index (χ0v) is 14.1. The van der Waals surface area contributed by atoms with Gasteiger partial charge in [-0.15, -0.1) is 0 Å². The predicted molar refractivity (Wildman–Crippen MR) is 89.5 cm³/mol. The van der Waals surface area contributed by atoms with Gasteiger partial charge in [0.15, 0.2) is 5.96 Å². The zero-order valence-electron chi connectivity index (χ0n) is 14.1. The lowest BCUT2D eigenvalue weighted by atomic mass is 10.1. The van der Waals surface area contributed by atoms with Crippen molar-refractivity contribution in [1.82, 2.24) is 20.4 Å². The molecule has 2 N–H and O–H groups in total. The highest BCUT2D eigenvalue weighted by Crippen LogP contribution is 2.18. The van der Waals surface area contributed by atoms with Gasteiger partial charge in [-0.05, 0) is 25.2 Å². The molecule has 1 atom stereocenters. The predicted octanol–water partition coefficient (Wildman–Crippen LogP) is -0.505. The first-order valence-corrected chi connectivity index (χ1v) is 8.79. The maximum atomic E-state index is 11.8. The second kappa shape index (κ2) is 7.97. The van der Waals surface area contributed by atoms with Gasteiger partial charge in [0.1, 0.15) is 0 Å². The van der Waals surface area contributed by atoms with Crippen LogP contribution in [0, 0.1) is 5.92 Å². The minimum absolute atomic E-state index is 0.0634. The molecule has 1 saturated carbocycles. The number of ether oxygens (including phenoxy) is 1. The first-order valence-electron chi connectivity index (χ1n) is 8.79. The monoisotopic (exact) mass is 323 g/mol. The third-order valence-electron chi connectivity index (χ3n) is 4.77. The maximum absolute atomic E-state index is 11.8. The molecule has 1 aliphatic carbocycles. The summed E-state index contributed by atoms with van der Waals surface area (Å²) in [4.78, 5) is 20.9. The summed E-state index contributed by atoms with van der Waals surface area (Å²) in [7, 11) is 1.78. The molecule has 7 heteroatoms. The van der Waals surface area contributed by atoms with E-state index in [1.807, 2.05) is 0 Å². The molecule has 3 rings (SSSR count). The highest BCUT2D eigenvalue weighted by Gasteiger charge is 2.25.